The Kier molecular flexibility index (Phi) is 3.47. The van der Waals surface area contributed by atoms with E-state index in [1.807, 2.05) is 0 Å². The van der Waals surface area contributed by atoms with Crippen LogP contribution in [0.3, 0.4) is 0 Å². The molecule has 0 amide bonds. The van der Waals surface area contributed by atoms with Crippen molar-refractivity contribution in [3.05, 3.63) is 17.0 Å². The minimum absolute atomic E-state index is 0.0159. The van der Waals surface area contributed by atoms with E-state index in [9.17, 15) is 13.2 Å². The first-order chi connectivity index (χ1) is 6.89. The van der Waals surface area contributed by atoms with Crippen LogP contribution in [0.5, 0.6) is 0 Å². The molecule has 1 rings (SSSR count). The molecule has 5 nitrogen and oxygen atoms in total. The number of carbonyl (C=O) groups is 1. The highest BCUT2D eigenvalue weighted by Gasteiger charge is 2.09. The molecule has 0 saturated carbocycles. The maximum absolute atomic E-state index is 10.9. The zero-order chi connectivity index (χ0) is 11.5. The fourth-order valence-corrected chi connectivity index (χ4v) is 2.35. The van der Waals surface area contributed by atoms with Crippen molar-refractivity contribution < 1.29 is 18.3 Å². The van der Waals surface area contributed by atoms with Gasteiger partial charge >= 0.3 is 5.97 Å². The zero-order valence-electron chi connectivity index (χ0n) is 7.43. The third kappa shape index (κ3) is 3.71. The Labute approximate surface area is 90.6 Å². The Morgan fingerprint density at radius 3 is 2.67 bits per heavy atom. The first kappa shape index (κ1) is 11.7. The summed E-state index contributed by atoms with van der Waals surface area (Å²) in [5.74, 6) is 3.90. The van der Waals surface area contributed by atoms with Gasteiger partial charge in [-0.3, -0.25) is 4.79 Å². The molecule has 80 valence electrons. The normalized spacial score (nSPS) is 10.5. The van der Waals surface area contributed by atoms with Gasteiger partial charge in [-0.1, -0.05) is 11.8 Å². The first-order valence-electron chi connectivity index (χ1n) is 3.73. The number of thiophene rings is 1. The van der Waals surface area contributed by atoms with Gasteiger partial charge in [-0.05, 0) is 12.1 Å². The monoisotopic (exact) mass is 245 g/mol. The molecule has 0 aromatic carbocycles. The number of aliphatic carboxylic acids is 1. The van der Waals surface area contributed by atoms with Crippen LogP contribution in [0.25, 0.3) is 0 Å². The van der Waals surface area contributed by atoms with Crippen molar-refractivity contribution in [1.82, 2.24) is 0 Å². The molecule has 0 radical (unpaired) electrons. The molecule has 0 spiro atoms. The average molecular weight is 245 g/mol. The quantitative estimate of drug-likeness (QED) is 0.728. The molecule has 0 bridgehead atoms. The van der Waals surface area contributed by atoms with E-state index < -0.39 is 16.0 Å². The van der Waals surface area contributed by atoms with Gasteiger partial charge in [0.1, 0.15) is 10.6 Å². The molecule has 3 N–H and O–H groups in total. The number of primary sulfonamides is 1. The molecular weight excluding hydrogens is 238 g/mol. The number of hydrogen-bond acceptors (Lipinski definition) is 4. The summed E-state index contributed by atoms with van der Waals surface area (Å²) in [5.41, 5.74) is 0. The number of hydrogen-bond donors (Lipinski definition) is 2. The smallest absolute Gasteiger partial charge is 0.315 e. The lowest BCUT2D eigenvalue weighted by atomic mass is 10.4. The van der Waals surface area contributed by atoms with E-state index >= 15 is 0 Å². The van der Waals surface area contributed by atoms with E-state index in [2.05, 4.69) is 11.8 Å². The van der Waals surface area contributed by atoms with Crippen LogP contribution in [0.15, 0.2) is 16.3 Å². The predicted molar refractivity (Wildman–Crippen MR) is 54.8 cm³/mol. The number of carboxylic acid groups (broad SMARTS) is 1. The molecule has 7 heteroatoms. The Morgan fingerprint density at radius 2 is 2.20 bits per heavy atom. The van der Waals surface area contributed by atoms with Crippen molar-refractivity contribution in [2.75, 3.05) is 0 Å². The molecule has 15 heavy (non-hydrogen) atoms. The summed E-state index contributed by atoms with van der Waals surface area (Å²) in [6.07, 6.45) is -0.275. The van der Waals surface area contributed by atoms with Crippen LogP contribution in [0, 0.1) is 11.8 Å². The van der Waals surface area contributed by atoms with Crippen molar-refractivity contribution in [3.63, 3.8) is 0 Å². The van der Waals surface area contributed by atoms with Gasteiger partial charge < -0.3 is 5.11 Å². The van der Waals surface area contributed by atoms with Crippen LogP contribution in [-0.4, -0.2) is 19.5 Å². The molecule has 1 aromatic heterocycles. The van der Waals surface area contributed by atoms with Gasteiger partial charge in [-0.2, -0.15) is 0 Å². The van der Waals surface area contributed by atoms with E-state index in [0.717, 1.165) is 11.3 Å². The summed E-state index contributed by atoms with van der Waals surface area (Å²) in [5, 5.41) is 13.2. The van der Waals surface area contributed by atoms with Crippen molar-refractivity contribution in [3.8, 4) is 11.8 Å². The van der Waals surface area contributed by atoms with Crippen LogP contribution >= 0.6 is 11.3 Å². The van der Waals surface area contributed by atoms with Gasteiger partial charge in [-0.25, -0.2) is 13.6 Å². The number of nitrogens with two attached hydrogens (primary N) is 1. The number of carboxylic acids is 1. The molecule has 0 fully saturated rings. The summed E-state index contributed by atoms with van der Waals surface area (Å²) in [4.78, 5) is 10.6. The topological polar surface area (TPSA) is 97.5 Å². The van der Waals surface area contributed by atoms with Crippen molar-refractivity contribution in [2.24, 2.45) is 5.14 Å². The van der Waals surface area contributed by atoms with Crippen molar-refractivity contribution >= 4 is 27.3 Å². The van der Waals surface area contributed by atoms with Crippen LogP contribution in [-0.2, 0) is 14.8 Å². The second-order valence-electron chi connectivity index (χ2n) is 2.54. The highest BCUT2D eigenvalue weighted by Crippen LogP contribution is 2.18. The summed E-state index contributed by atoms with van der Waals surface area (Å²) in [7, 11) is -3.69. The Bertz CT molecular complexity index is 532. The highest BCUT2D eigenvalue weighted by molar-refractivity contribution is 7.91. The van der Waals surface area contributed by atoms with E-state index in [1.54, 1.807) is 0 Å². The lowest BCUT2D eigenvalue weighted by Crippen LogP contribution is -2.09. The summed E-state index contributed by atoms with van der Waals surface area (Å²) in [6.45, 7) is 0. The molecule has 0 atom stereocenters. The van der Waals surface area contributed by atoms with Crippen molar-refractivity contribution in [2.45, 2.75) is 10.6 Å². The van der Waals surface area contributed by atoms with Gasteiger partial charge in [0.2, 0.25) is 10.0 Å². The maximum Gasteiger partial charge on any atom is 0.315 e. The molecule has 0 aliphatic rings. The summed E-state index contributed by atoms with van der Waals surface area (Å²) in [6, 6.07) is 2.82. The van der Waals surface area contributed by atoms with Gasteiger partial charge in [0.15, 0.2) is 0 Å². The van der Waals surface area contributed by atoms with Gasteiger partial charge in [0.25, 0.3) is 0 Å². The second kappa shape index (κ2) is 4.44. The van der Waals surface area contributed by atoms with E-state index in [0.29, 0.717) is 4.88 Å². The fourth-order valence-electron chi connectivity index (χ4n) is 0.747. The largest absolute Gasteiger partial charge is 0.481 e. The Morgan fingerprint density at radius 1 is 1.53 bits per heavy atom. The fraction of sp³-hybridized carbons (Fsp3) is 0.125. The first-order valence-corrected chi connectivity index (χ1v) is 6.09. The molecule has 0 saturated heterocycles. The molecule has 0 unspecified atom stereocenters. The second-order valence-corrected chi connectivity index (χ2v) is 5.41. The standard InChI is InChI=1S/C8H7NO4S2/c9-15(12,13)8-5-4-6(14-8)2-1-3-7(10)11/h4-5H,3H2,(H,10,11)(H2,9,12,13). The zero-order valence-corrected chi connectivity index (χ0v) is 9.06. The maximum atomic E-state index is 10.9. The summed E-state index contributed by atoms with van der Waals surface area (Å²) >= 11 is 0.912. The molecular formula is C8H7NO4S2. The minimum Gasteiger partial charge on any atom is -0.481 e. The van der Waals surface area contributed by atoms with E-state index in [4.69, 9.17) is 10.2 Å². The van der Waals surface area contributed by atoms with Crippen LogP contribution in [0.1, 0.15) is 11.3 Å². The Balaban J connectivity index is 2.85. The number of sulfonamides is 1. The van der Waals surface area contributed by atoms with E-state index in [-0.39, 0.29) is 10.6 Å². The predicted octanol–water partition coefficient (Wildman–Crippen LogP) is 0.222. The number of rotatable bonds is 2. The third-order valence-corrected chi connectivity index (χ3v) is 3.75. The lowest BCUT2D eigenvalue weighted by molar-refractivity contribution is -0.135. The molecule has 0 aliphatic heterocycles. The lowest BCUT2D eigenvalue weighted by Gasteiger charge is -1.87. The van der Waals surface area contributed by atoms with Crippen LogP contribution < -0.4 is 5.14 Å². The minimum atomic E-state index is -3.69. The van der Waals surface area contributed by atoms with Crippen molar-refractivity contribution in [1.29, 1.82) is 0 Å². The molecule has 1 aromatic rings. The highest BCUT2D eigenvalue weighted by atomic mass is 32.2. The average Bonchev–Trinajstić information content (AvgIpc) is 2.51. The molecule has 0 aliphatic carbocycles. The Hall–Kier alpha value is -1.36. The van der Waals surface area contributed by atoms with Crippen LogP contribution in [0.2, 0.25) is 0 Å². The van der Waals surface area contributed by atoms with Gasteiger partial charge in [0.05, 0.1) is 4.88 Å². The third-order valence-electron chi connectivity index (χ3n) is 1.31. The molecule has 1 heterocycles. The van der Waals surface area contributed by atoms with Gasteiger partial charge in [0, 0.05) is 0 Å². The SMILES string of the molecule is NS(=O)(=O)c1ccc(C#CCC(=O)O)s1. The summed E-state index contributed by atoms with van der Waals surface area (Å²) < 4.78 is 21.8. The van der Waals surface area contributed by atoms with E-state index in [1.165, 1.54) is 12.1 Å². The van der Waals surface area contributed by atoms with Gasteiger partial charge in [-0.15, -0.1) is 11.3 Å². The van der Waals surface area contributed by atoms with Crippen LogP contribution in [0.4, 0.5) is 0 Å².